The van der Waals surface area contributed by atoms with Gasteiger partial charge in [-0.05, 0) is 72.2 Å². The second-order valence-electron chi connectivity index (χ2n) is 14.8. The number of methoxy groups -OCH3 is 4. The maximum absolute atomic E-state index is 12.3. The zero-order valence-electron chi connectivity index (χ0n) is 43.6. The summed E-state index contributed by atoms with van der Waals surface area (Å²) in [6, 6.07) is 20.5. The third kappa shape index (κ3) is 41.8. The molecule has 0 bridgehead atoms. The first-order valence-electron chi connectivity index (χ1n) is 22.0. The Morgan fingerprint density at radius 1 is 0.345 bits per heavy atom. The van der Waals surface area contributed by atoms with E-state index in [4.69, 9.17) is 111 Å². The summed E-state index contributed by atoms with van der Waals surface area (Å²) in [5, 5.41) is 138. The van der Waals surface area contributed by atoms with Gasteiger partial charge in [-0.25, -0.2) is 0 Å². The molecule has 40 heteroatoms. The van der Waals surface area contributed by atoms with Crippen molar-refractivity contribution in [2.45, 2.75) is 75.5 Å². The van der Waals surface area contributed by atoms with Crippen LogP contribution in [0.1, 0.15) is 73.6 Å². The van der Waals surface area contributed by atoms with Crippen LogP contribution < -0.4 is 39.4 Å². The third-order valence-corrected chi connectivity index (χ3v) is 9.93. The maximum Gasteiger partial charge on any atom is 3.00 e. The first-order valence-corrected chi connectivity index (χ1v) is 22.0. The Hall–Kier alpha value is -7.15. The smallest absolute Gasteiger partial charge is 0.870 e. The number of benzene rings is 4. The van der Waals surface area contributed by atoms with Crippen molar-refractivity contribution >= 4 is 24.9 Å². The number of nitrogens with zero attached hydrogens (tertiary/aromatic N) is 10. The van der Waals surface area contributed by atoms with Crippen LogP contribution in [0.4, 0.5) is 0 Å². The minimum Gasteiger partial charge on any atom is -0.870 e. The van der Waals surface area contributed by atoms with E-state index < -0.39 is 30.5 Å². The zero-order valence-corrected chi connectivity index (χ0v) is 50.0. The van der Waals surface area contributed by atoms with E-state index >= 15 is 0 Å². The van der Waals surface area contributed by atoms with E-state index in [-0.39, 0.29) is 161 Å². The van der Waals surface area contributed by atoms with Crippen molar-refractivity contribution in [1.82, 2.24) is 0 Å². The van der Waals surface area contributed by atoms with Gasteiger partial charge < -0.3 is 131 Å². The van der Waals surface area contributed by atoms with Gasteiger partial charge in [0.2, 0.25) is 0 Å². The van der Waals surface area contributed by atoms with Crippen LogP contribution in [-0.2, 0) is 34.1 Å². The van der Waals surface area contributed by atoms with Crippen molar-refractivity contribution in [3.05, 3.63) is 187 Å². The number of rotatable bonds is 12. The molecule has 84 heavy (non-hydrogen) atoms. The molecule has 2 aliphatic carbocycles. The molecule has 2 fully saturated rings. The summed E-state index contributed by atoms with van der Waals surface area (Å²) >= 11 is 0. The van der Waals surface area contributed by atoms with Gasteiger partial charge in [0, 0.05) is 24.9 Å². The number of hydrogen-bond acceptors (Lipinski definition) is 30. The van der Waals surface area contributed by atoms with Crippen LogP contribution in [0, 0.1) is 172 Å². The summed E-state index contributed by atoms with van der Waals surface area (Å²) in [5.74, 6) is 0.556. The molecule has 0 saturated heterocycles. The van der Waals surface area contributed by atoms with Crippen molar-refractivity contribution < 1.29 is 184 Å². The summed E-state index contributed by atoms with van der Waals surface area (Å²) in [6.07, 6.45) is 14.4. The fourth-order valence-electron chi connectivity index (χ4n) is 6.76. The minimum absolute atomic E-state index is 0. The van der Waals surface area contributed by atoms with E-state index in [0.717, 1.165) is 51.4 Å². The van der Waals surface area contributed by atoms with Crippen LogP contribution in [0.3, 0.4) is 0 Å². The first-order chi connectivity index (χ1) is 37.7. The number of hydrogen-bond donors (Lipinski definition) is 0. The Balaban J connectivity index is -0.000000253. The first kappa shape index (κ1) is 88.1. The summed E-state index contributed by atoms with van der Waals surface area (Å²) in [7, 11) is 5.91. The molecular weight excluding hydrogens is 1530 g/mol. The Labute approximate surface area is 560 Å². The zero-order chi connectivity index (χ0) is 61.3. The molecule has 0 aromatic heterocycles. The van der Waals surface area contributed by atoms with Crippen LogP contribution in [0.25, 0.3) is 0 Å². The monoisotopic (exact) mass is 1570 g/mol. The van der Waals surface area contributed by atoms with Gasteiger partial charge in [0.1, 0.15) is 23.0 Å². The molecule has 2 aliphatic rings. The molecule has 0 aliphatic heterocycles. The fourth-order valence-corrected chi connectivity index (χ4v) is 6.76. The molecule has 4 aromatic rings. The molecule has 0 amide bonds. The largest absolute Gasteiger partial charge is 3.00 e. The van der Waals surface area contributed by atoms with Gasteiger partial charge in [-0.1, -0.05) is 97.2 Å². The predicted octanol–water partition coefficient (Wildman–Crippen LogP) is 3.96. The van der Waals surface area contributed by atoms with Gasteiger partial charge in [-0.15, -0.1) is 0 Å². The standard InChI is InChI=1S/2C22H26N2O4.2Cu.2Gd.6NO3/c2*1-27-19-11-5-7-15(21(19)25)13-23-17-9-3-4-10-18(17)24-14-16-8-6-12-20(28-2)22(16)26;;;;;6*2-1(3)4/h2*5-8,11-14,17-18,25-26H,3-4,9-10H2,1-2H3;;;;;;;;;;/q;;2*+2;2*+3;6*-1/p-4/t2*17-,18-;;;;;;;;;;/m11........../s1. The molecule has 4 radical (unpaired) electrons. The Morgan fingerprint density at radius 2 is 0.488 bits per heavy atom. The molecule has 2 saturated carbocycles. The molecule has 0 unspecified atom stereocenters. The van der Waals surface area contributed by atoms with Gasteiger partial charge in [0.05, 0.1) is 83.1 Å². The Bertz CT molecular complexity index is 2300. The SMILES string of the molecule is COc1cccc(C=N[C@@H]2CCCC[C@H]2N=Cc2cccc(OC)c2[O-])c1[O-].COc1cccc(C=N[C@@H]2CCCC[C@H]2N=Cc2cccc(OC)c2[O-])c1[O-].O=[N+]([O-])[O-].O=[N+]([O-])[O-].O=[N+]([O-])[O-].O=[N+]([O-])[O-].O=[N+]([O-])[O-].O=[N+]([O-])[O-].[Cu+2].[Cu+2].[Gd+3].[Gd+3]. The molecule has 0 N–H and O–H groups in total. The number of ether oxygens (including phenoxy) is 4. The normalized spacial score (nSPS) is 15.0. The number of para-hydroxylation sites is 4. The average molecular weight is 1570 g/mol. The van der Waals surface area contributed by atoms with E-state index in [1.54, 1.807) is 97.7 Å². The van der Waals surface area contributed by atoms with Crippen LogP contribution in [0.5, 0.6) is 46.0 Å². The van der Waals surface area contributed by atoms with Gasteiger partial charge in [0.15, 0.2) is 0 Å². The Kier molecular flexibility index (Phi) is 54.0. The fraction of sp³-hybridized carbons (Fsp3) is 0.364. The third-order valence-electron chi connectivity index (χ3n) is 9.93. The minimum atomic E-state index is -1.75. The van der Waals surface area contributed by atoms with E-state index in [1.165, 1.54) is 28.4 Å². The van der Waals surface area contributed by atoms with Crippen molar-refractivity contribution in [2.75, 3.05) is 28.4 Å². The van der Waals surface area contributed by atoms with Crippen molar-refractivity contribution in [2.24, 2.45) is 20.0 Å². The van der Waals surface area contributed by atoms with Crippen molar-refractivity contribution in [1.29, 1.82) is 0 Å². The summed E-state index contributed by atoms with van der Waals surface area (Å²) in [4.78, 5) is 68.1. The van der Waals surface area contributed by atoms with Crippen LogP contribution in [0.15, 0.2) is 92.8 Å². The predicted molar refractivity (Wildman–Crippen MR) is 274 cm³/mol. The Morgan fingerprint density at radius 3 is 0.619 bits per heavy atom. The maximum atomic E-state index is 12.3. The van der Waals surface area contributed by atoms with Crippen LogP contribution >= 0.6 is 0 Å². The summed E-state index contributed by atoms with van der Waals surface area (Å²) in [5.41, 5.74) is 2.01. The second kappa shape index (κ2) is 51.5. The molecule has 4 atom stereocenters. The molecule has 4 aromatic carbocycles. The quantitative estimate of drug-likeness (QED) is 0.0838. The van der Waals surface area contributed by atoms with Gasteiger partial charge in [0.25, 0.3) is 0 Å². The van der Waals surface area contributed by atoms with E-state index in [9.17, 15) is 20.4 Å². The van der Waals surface area contributed by atoms with E-state index in [1.807, 2.05) is 0 Å². The van der Waals surface area contributed by atoms with Crippen molar-refractivity contribution in [3.63, 3.8) is 0 Å². The molecule has 6 rings (SSSR count). The van der Waals surface area contributed by atoms with Gasteiger partial charge in [-0.3, -0.25) is 20.0 Å². The molecule has 0 heterocycles. The average Bonchev–Trinajstić information content (AvgIpc) is 3.37. The van der Waals surface area contributed by atoms with Crippen molar-refractivity contribution in [3.8, 4) is 46.0 Å². The number of aliphatic imine (C=N–C) groups is 4. The molecule has 36 nitrogen and oxygen atoms in total. The summed E-state index contributed by atoms with van der Waals surface area (Å²) < 4.78 is 20.3. The molecule has 468 valence electrons. The van der Waals surface area contributed by atoms with Crippen LogP contribution in [-0.4, -0.2) is 108 Å². The topological polar surface area (TPSA) is 576 Å². The second-order valence-corrected chi connectivity index (χ2v) is 14.8. The van der Waals surface area contributed by atoms with Crippen LogP contribution in [0.2, 0.25) is 0 Å². The summed E-state index contributed by atoms with van der Waals surface area (Å²) in [6.45, 7) is 0. The molecular formula is C44H48Cu2Gd2N10O26. The van der Waals surface area contributed by atoms with E-state index in [0.29, 0.717) is 45.3 Å². The van der Waals surface area contributed by atoms with E-state index in [2.05, 4.69) is 20.0 Å². The van der Waals surface area contributed by atoms with Gasteiger partial charge in [-0.2, -0.15) is 0 Å². The molecule has 0 spiro atoms. The van der Waals surface area contributed by atoms with Gasteiger partial charge >= 0.3 is 114 Å².